The number of carbonyl (C=O) groups excluding carboxylic acids is 1. The van der Waals surface area contributed by atoms with Gasteiger partial charge in [0.15, 0.2) is 0 Å². The van der Waals surface area contributed by atoms with Gasteiger partial charge in [0, 0.05) is 31.0 Å². The van der Waals surface area contributed by atoms with Crippen LogP contribution in [0.15, 0.2) is 42.7 Å². The standard InChI is InChI=1S/C15H15N3O3/c19-14(18-8-10-20-11-9-18)12-2-4-13(5-3-12)21-15-16-6-1-7-17-15/h1-7H,8-11H2. The number of carbonyl (C=O) groups is 1. The third-order valence-electron chi connectivity index (χ3n) is 3.15. The molecule has 1 aliphatic heterocycles. The van der Waals surface area contributed by atoms with Gasteiger partial charge in [-0.05, 0) is 30.3 Å². The van der Waals surface area contributed by atoms with Crippen LogP contribution in [0.5, 0.6) is 11.8 Å². The van der Waals surface area contributed by atoms with Gasteiger partial charge < -0.3 is 14.4 Å². The van der Waals surface area contributed by atoms with Gasteiger partial charge in [0.1, 0.15) is 5.75 Å². The summed E-state index contributed by atoms with van der Waals surface area (Å²) in [6.07, 6.45) is 3.22. The molecular weight excluding hydrogens is 270 g/mol. The van der Waals surface area contributed by atoms with Gasteiger partial charge in [-0.3, -0.25) is 4.79 Å². The predicted octanol–water partition coefficient (Wildman–Crippen LogP) is 1.74. The van der Waals surface area contributed by atoms with E-state index in [1.54, 1.807) is 47.6 Å². The molecule has 0 unspecified atom stereocenters. The molecule has 108 valence electrons. The van der Waals surface area contributed by atoms with Crippen LogP contribution in [0.25, 0.3) is 0 Å². The van der Waals surface area contributed by atoms with E-state index < -0.39 is 0 Å². The summed E-state index contributed by atoms with van der Waals surface area (Å²) >= 11 is 0. The van der Waals surface area contributed by atoms with Gasteiger partial charge in [-0.25, -0.2) is 9.97 Å². The maximum atomic E-state index is 12.3. The lowest BCUT2D eigenvalue weighted by Crippen LogP contribution is -2.40. The summed E-state index contributed by atoms with van der Waals surface area (Å²) in [5, 5.41) is 0. The molecule has 21 heavy (non-hydrogen) atoms. The highest BCUT2D eigenvalue weighted by Gasteiger charge is 2.18. The zero-order valence-electron chi connectivity index (χ0n) is 11.4. The summed E-state index contributed by atoms with van der Waals surface area (Å²) in [6.45, 7) is 2.46. The highest BCUT2D eigenvalue weighted by atomic mass is 16.5. The van der Waals surface area contributed by atoms with Crippen molar-refractivity contribution in [1.29, 1.82) is 0 Å². The average molecular weight is 285 g/mol. The van der Waals surface area contributed by atoms with Crippen molar-refractivity contribution in [2.45, 2.75) is 0 Å². The number of hydrogen-bond donors (Lipinski definition) is 0. The molecule has 1 fully saturated rings. The maximum absolute atomic E-state index is 12.3. The van der Waals surface area contributed by atoms with Crippen molar-refractivity contribution >= 4 is 5.91 Å². The predicted molar refractivity (Wildman–Crippen MR) is 75.3 cm³/mol. The number of nitrogens with zero attached hydrogens (tertiary/aromatic N) is 3. The molecule has 0 spiro atoms. The fourth-order valence-electron chi connectivity index (χ4n) is 2.06. The molecule has 0 bridgehead atoms. The van der Waals surface area contributed by atoms with E-state index in [2.05, 4.69) is 9.97 Å². The van der Waals surface area contributed by atoms with Gasteiger partial charge in [-0.1, -0.05) is 0 Å². The van der Waals surface area contributed by atoms with E-state index in [4.69, 9.17) is 9.47 Å². The van der Waals surface area contributed by atoms with E-state index in [1.165, 1.54) is 0 Å². The molecule has 0 radical (unpaired) electrons. The SMILES string of the molecule is O=C(c1ccc(Oc2ncccn2)cc1)N1CCOCC1. The molecule has 6 heteroatoms. The highest BCUT2D eigenvalue weighted by Crippen LogP contribution is 2.18. The number of morpholine rings is 1. The van der Waals surface area contributed by atoms with Crippen molar-refractivity contribution in [3.63, 3.8) is 0 Å². The zero-order valence-corrected chi connectivity index (χ0v) is 11.4. The normalized spacial score (nSPS) is 14.8. The smallest absolute Gasteiger partial charge is 0.321 e. The Bertz CT molecular complexity index is 595. The van der Waals surface area contributed by atoms with Gasteiger partial charge in [0.05, 0.1) is 13.2 Å². The van der Waals surface area contributed by atoms with Crippen molar-refractivity contribution < 1.29 is 14.3 Å². The minimum Gasteiger partial charge on any atom is -0.424 e. The number of aromatic nitrogens is 2. The first-order chi connectivity index (χ1) is 10.3. The second-order valence-electron chi connectivity index (χ2n) is 4.56. The fourth-order valence-corrected chi connectivity index (χ4v) is 2.06. The molecule has 1 saturated heterocycles. The fraction of sp³-hybridized carbons (Fsp3) is 0.267. The lowest BCUT2D eigenvalue weighted by Gasteiger charge is -2.26. The third kappa shape index (κ3) is 3.35. The number of ether oxygens (including phenoxy) is 2. The lowest BCUT2D eigenvalue weighted by atomic mass is 10.2. The monoisotopic (exact) mass is 285 g/mol. The first-order valence-corrected chi connectivity index (χ1v) is 6.75. The van der Waals surface area contributed by atoms with E-state index in [0.717, 1.165) is 0 Å². The number of rotatable bonds is 3. The van der Waals surface area contributed by atoms with Crippen LogP contribution in [-0.4, -0.2) is 47.1 Å². The first-order valence-electron chi connectivity index (χ1n) is 6.75. The molecule has 1 amide bonds. The van der Waals surface area contributed by atoms with Crippen LogP contribution < -0.4 is 4.74 Å². The molecular formula is C15H15N3O3. The quantitative estimate of drug-likeness (QED) is 0.859. The molecule has 6 nitrogen and oxygen atoms in total. The van der Waals surface area contributed by atoms with Crippen LogP contribution in [0.4, 0.5) is 0 Å². The summed E-state index contributed by atoms with van der Waals surface area (Å²) in [5.74, 6) is 0.612. The molecule has 1 aromatic heterocycles. The first kappa shape index (κ1) is 13.5. The molecule has 2 heterocycles. The van der Waals surface area contributed by atoms with Crippen LogP contribution in [0, 0.1) is 0 Å². The molecule has 2 aromatic rings. The molecule has 3 rings (SSSR count). The molecule has 0 saturated carbocycles. The molecule has 0 atom stereocenters. The summed E-state index contributed by atoms with van der Waals surface area (Å²) in [5.41, 5.74) is 0.637. The second kappa shape index (κ2) is 6.32. The highest BCUT2D eigenvalue weighted by molar-refractivity contribution is 5.94. The molecule has 1 aromatic carbocycles. The van der Waals surface area contributed by atoms with Crippen LogP contribution in [0.3, 0.4) is 0 Å². The van der Waals surface area contributed by atoms with Gasteiger partial charge in [0.25, 0.3) is 5.91 Å². The summed E-state index contributed by atoms with van der Waals surface area (Å²) in [6, 6.07) is 8.97. The molecule has 0 aliphatic carbocycles. The summed E-state index contributed by atoms with van der Waals surface area (Å²) < 4.78 is 10.7. The Balaban J connectivity index is 1.67. The second-order valence-corrected chi connectivity index (χ2v) is 4.56. The number of hydrogen-bond acceptors (Lipinski definition) is 5. The Hall–Kier alpha value is -2.47. The minimum atomic E-state index is 0.0146. The van der Waals surface area contributed by atoms with E-state index in [-0.39, 0.29) is 11.9 Å². The minimum absolute atomic E-state index is 0.0146. The van der Waals surface area contributed by atoms with Gasteiger partial charge >= 0.3 is 6.01 Å². The van der Waals surface area contributed by atoms with E-state index in [1.807, 2.05) is 0 Å². The topological polar surface area (TPSA) is 64.5 Å². The van der Waals surface area contributed by atoms with Crippen molar-refractivity contribution in [2.75, 3.05) is 26.3 Å². The van der Waals surface area contributed by atoms with Gasteiger partial charge in [-0.15, -0.1) is 0 Å². The van der Waals surface area contributed by atoms with E-state index in [0.29, 0.717) is 37.6 Å². The molecule has 0 N–H and O–H groups in total. The Morgan fingerprint density at radius 3 is 2.43 bits per heavy atom. The Kier molecular flexibility index (Phi) is 4.07. The largest absolute Gasteiger partial charge is 0.424 e. The van der Waals surface area contributed by atoms with E-state index >= 15 is 0 Å². The van der Waals surface area contributed by atoms with Gasteiger partial charge in [0.2, 0.25) is 0 Å². The summed E-state index contributed by atoms with van der Waals surface area (Å²) in [4.78, 5) is 22.0. The maximum Gasteiger partial charge on any atom is 0.321 e. The van der Waals surface area contributed by atoms with Crippen LogP contribution in [0.2, 0.25) is 0 Å². The van der Waals surface area contributed by atoms with Crippen molar-refractivity contribution in [3.05, 3.63) is 48.3 Å². The van der Waals surface area contributed by atoms with Crippen LogP contribution >= 0.6 is 0 Å². The summed E-state index contributed by atoms with van der Waals surface area (Å²) in [7, 11) is 0. The third-order valence-corrected chi connectivity index (χ3v) is 3.15. The number of benzene rings is 1. The van der Waals surface area contributed by atoms with Crippen LogP contribution in [0.1, 0.15) is 10.4 Å². The van der Waals surface area contributed by atoms with Crippen molar-refractivity contribution in [2.24, 2.45) is 0 Å². The van der Waals surface area contributed by atoms with Crippen LogP contribution in [-0.2, 0) is 4.74 Å². The zero-order chi connectivity index (χ0) is 14.5. The van der Waals surface area contributed by atoms with Crippen molar-refractivity contribution in [3.8, 4) is 11.8 Å². The van der Waals surface area contributed by atoms with Crippen molar-refractivity contribution in [1.82, 2.24) is 14.9 Å². The van der Waals surface area contributed by atoms with E-state index in [9.17, 15) is 4.79 Å². The van der Waals surface area contributed by atoms with Gasteiger partial charge in [-0.2, -0.15) is 0 Å². The Labute approximate surface area is 122 Å². The average Bonchev–Trinajstić information content (AvgIpc) is 2.57. The number of amides is 1. The Morgan fingerprint density at radius 1 is 1.10 bits per heavy atom. The molecule has 1 aliphatic rings. The Morgan fingerprint density at radius 2 is 1.76 bits per heavy atom. The lowest BCUT2D eigenvalue weighted by molar-refractivity contribution is 0.0303.